The number of aromatic nitrogens is 1. The second-order valence-corrected chi connectivity index (χ2v) is 10.1. The number of nitrogens with zero attached hydrogens (tertiary/aromatic N) is 3. The molecule has 1 atom stereocenters. The van der Waals surface area contributed by atoms with E-state index >= 15 is 0 Å². The third kappa shape index (κ3) is 5.57. The van der Waals surface area contributed by atoms with Gasteiger partial charge in [-0.15, -0.1) is 11.3 Å². The molecule has 0 unspecified atom stereocenters. The van der Waals surface area contributed by atoms with Crippen LogP contribution in [0.15, 0.2) is 84.2 Å². The molecule has 1 aromatic heterocycles. The highest BCUT2D eigenvalue weighted by atomic mass is 32.1. The lowest BCUT2D eigenvalue weighted by Gasteiger charge is -2.37. The van der Waals surface area contributed by atoms with Gasteiger partial charge >= 0.3 is 0 Å². The van der Waals surface area contributed by atoms with E-state index in [0.717, 1.165) is 28.1 Å². The van der Waals surface area contributed by atoms with E-state index in [0.29, 0.717) is 24.5 Å². The van der Waals surface area contributed by atoms with Crippen LogP contribution in [0.4, 0.5) is 0 Å². The molecule has 3 aromatic carbocycles. The molecule has 7 heteroatoms. The molecule has 0 aliphatic carbocycles. The Morgan fingerprint density at radius 1 is 1.05 bits per heavy atom. The van der Waals surface area contributed by atoms with Gasteiger partial charge in [0.15, 0.2) is 0 Å². The number of ether oxygens (including phenoxy) is 1. The fourth-order valence-corrected chi connectivity index (χ4v) is 5.44. The lowest BCUT2D eigenvalue weighted by atomic mass is 9.88. The fourth-order valence-electron chi connectivity index (χ4n) is 4.76. The minimum absolute atomic E-state index is 0.0584. The third-order valence-corrected chi connectivity index (χ3v) is 7.43. The maximum atomic E-state index is 12.9. The molecule has 6 nitrogen and oxygen atoms in total. The summed E-state index contributed by atoms with van der Waals surface area (Å²) in [4.78, 5) is 33.4. The normalized spacial score (nSPS) is 14.6. The highest BCUT2D eigenvalue weighted by Crippen LogP contribution is 2.37. The molecule has 5 rings (SSSR count). The lowest BCUT2D eigenvalue weighted by Crippen LogP contribution is -2.39. The van der Waals surface area contributed by atoms with Crippen LogP contribution in [0.3, 0.4) is 0 Å². The van der Waals surface area contributed by atoms with Crippen LogP contribution in [0.25, 0.3) is 0 Å². The topological polar surface area (TPSA) is 62.7 Å². The van der Waals surface area contributed by atoms with E-state index < -0.39 is 0 Å². The molecule has 0 radical (unpaired) electrons. The molecule has 0 bridgehead atoms. The number of fused-ring (bicyclic) bond motifs is 1. The Bertz CT molecular complexity index is 1390. The lowest BCUT2D eigenvalue weighted by molar-refractivity contribution is -0.130. The van der Waals surface area contributed by atoms with E-state index in [1.54, 1.807) is 24.3 Å². The van der Waals surface area contributed by atoms with Gasteiger partial charge in [-0.2, -0.15) is 0 Å². The van der Waals surface area contributed by atoms with Crippen LogP contribution in [0, 0.1) is 0 Å². The summed E-state index contributed by atoms with van der Waals surface area (Å²) in [5, 5.41) is 2.52. The zero-order valence-electron chi connectivity index (χ0n) is 21.0. The van der Waals surface area contributed by atoms with E-state index in [1.807, 2.05) is 65.6 Å². The van der Waals surface area contributed by atoms with Crippen molar-refractivity contribution in [3.63, 3.8) is 0 Å². The predicted molar refractivity (Wildman–Crippen MR) is 145 cm³/mol. The Kier molecular flexibility index (Phi) is 7.32. The van der Waals surface area contributed by atoms with Crippen LogP contribution in [0.5, 0.6) is 5.75 Å². The molecule has 0 fully saturated rings. The Balaban J connectivity index is 1.29. The SMILES string of the molecule is CC(=O)N1CCc2ccc(OCc3nc(C(=O)N(C)Cc4ccccc4)cs3)cc2[C@H]1c1ccccc1. The van der Waals surface area contributed by atoms with Crippen molar-refractivity contribution in [2.24, 2.45) is 0 Å². The maximum Gasteiger partial charge on any atom is 0.273 e. The minimum Gasteiger partial charge on any atom is -0.486 e. The van der Waals surface area contributed by atoms with Gasteiger partial charge in [-0.1, -0.05) is 66.7 Å². The van der Waals surface area contributed by atoms with Gasteiger partial charge in [-0.25, -0.2) is 4.98 Å². The fraction of sp³-hybridized carbons (Fsp3) is 0.233. The molecule has 188 valence electrons. The molecule has 0 saturated heterocycles. The van der Waals surface area contributed by atoms with Crippen molar-refractivity contribution >= 4 is 23.2 Å². The van der Waals surface area contributed by atoms with Crippen LogP contribution >= 0.6 is 11.3 Å². The first-order valence-electron chi connectivity index (χ1n) is 12.3. The summed E-state index contributed by atoms with van der Waals surface area (Å²) in [5.74, 6) is 0.660. The van der Waals surface area contributed by atoms with E-state index in [4.69, 9.17) is 4.74 Å². The van der Waals surface area contributed by atoms with Crippen molar-refractivity contribution in [2.75, 3.05) is 13.6 Å². The van der Waals surface area contributed by atoms with Gasteiger partial charge in [0.05, 0.1) is 6.04 Å². The van der Waals surface area contributed by atoms with E-state index in [-0.39, 0.29) is 24.5 Å². The highest BCUT2D eigenvalue weighted by Gasteiger charge is 2.30. The average Bonchev–Trinajstić information content (AvgIpc) is 3.40. The standard InChI is InChI=1S/C30H29N3O3S/c1-21(34)33-16-15-23-13-14-25(17-26(23)29(33)24-11-7-4-8-12-24)36-19-28-31-27(20-37-28)30(35)32(2)18-22-9-5-3-6-10-22/h3-14,17,20,29H,15-16,18-19H2,1-2H3/t29-/m1/s1. The highest BCUT2D eigenvalue weighted by molar-refractivity contribution is 7.09. The molecular weight excluding hydrogens is 482 g/mol. The van der Waals surface area contributed by atoms with Crippen LogP contribution in [0.1, 0.15) is 50.7 Å². The van der Waals surface area contributed by atoms with E-state index in [1.165, 1.54) is 16.9 Å². The summed E-state index contributed by atoms with van der Waals surface area (Å²) in [6, 6.07) is 26.0. The summed E-state index contributed by atoms with van der Waals surface area (Å²) in [5.41, 5.74) is 4.89. The molecule has 4 aromatic rings. The first kappa shape index (κ1) is 24.7. The number of hydrogen-bond donors (Lipinski definition) is 0. The number of carbonyl (C=O) groups is 2. The molecule has 1 aliphatic rings. The number of rotatable bonds is 7. The summed E-state index contributed by atoms with van der Waals surface area (Å²) in [7, 11) is 1.78. The minimum atomic E-state index is -0.143. The molecule has 2 heterocycles. The largest absolute Gasteiger partial charge is 0.486 e. The smallest absolute Gasteiger partial charge is 0.273 e. The Morgan fingerprint density at radius 3 is 2.51 bits per heavy atom. The van der Waals surface area contributed by atoms with Crippen molar-refractivity contribution < 1.29 is 14.3 Å². The second-order valence-electron chi connectivity index (χ2n) is 9.20. The Labute approximate surface area is 221 Å². The van der Waals surface area contributed by atoms with Crippen LogP contribution in [-0.4, -0.2) is 40.2 Å². The molecule has 0 N–H and O–H groups in total. The number of amides is 2. The summed E-state index contributed by atoms with van der Waals surface area (Å²) >= 11 is 1.41. The summed E-state index contributed by atoms with van der Waals surface area (Å²) in [6.45, 7) is 3.11. The van der Waals surface area contributed by atoms with Gasteiger partial charge in [-0.3, -0.25) is 9.59 Å². The van der Waals surface area contributed by atoms with Gasteiger partial charge in [-0.05, 0) is 40.8 Å². The zero-order valence-corrected chi connectivity index (χ0v) is 21.8. The van der Waals surface area contributed by atoms with Crippen molar-refractivity contribution in [1.82, 2.24) is 14.8 Å². The molecule has 2 amide bonds. The van der Waals surface area contributed by atoms with E-state index in [9.17, 15) is 9.59 Å². The van der Waals surface area contributed by atoms with Crippen LogP contribution < -0.4 is 4.74 Å². The first-order chi connectivity index (χ1) is 18.0. The van der Waals surface area contributed by atoms with Crippen LogP contribution in [0.2, 0.25) is 0 Å². The number of benzene rings is 3. The Hall–Kier alpha value is -3.97. The van der Waals surface area contributed by atoms with Gasteiger partial charge < -0.3 is 14.5 Å². The van der Waals surface area contributed by atoms with Crippen molar-refractivity contribution in [3.05, 3.63) is 117 Å². The molecule has 37 heavy (non-hydrogen) atoms. The van der Waals surface area contributed by atoms with Crippen molar-refractivity contribution in [2.45, 2.75) is 32.5 Å². The second kappa shape index (κ2) is 11.0. The average molecular weight is 512 g/mol. The Morgan fingerprint density at radius 2 is 1.78 bits per heavy atom. The molecule has 1 aliphatic heterocycles. The first-order valence-corrected chi connectivity index (χ1v) is 13.2. The summed E-state index contributed by atoms with van der Waals surface area (Å²) < 4.78 is 6.11. The van der Waals surface area contributed by atoms with Gasteiger partial charge in [0.2, 0.25) is 5.91 Å². The monoisotopic (exact) mass is 511 g/mol. The number of hydrogen-bond acceptors (Lipinski definition) is 5. The van der Waals surface area contributed by atoms with Crippen molar-refractivity contribution in [1.29, 1.82) is 0 Å². The predicted octanol–water partition coefficient (Wildman–Crippen LogP) is 5.49. The van der Waals surface area contributed by atoms with Crippen molar-refractivity contribution in [3.8, 4) is 5.75 Å². The molecule has 0 saturated carbocycles. The molecule has 0 spiro atoms. The number of thiazole rings is 1. The van der Waals surface area contributed by atoms with Gasteiger partial charge in [0.25, 0.3) is 5.91 Å². The summed E-state index contributed by atoms with van der Waals surface area (Å²) in [6.07, 6.45) is 0.812. The maximum absolute atomic E-state index is 12.9. The van der Waals surface area contributed by atoms with Crippen LogP contribution in [-0.2, 0) is 24.4 Å². The van der Waals surface area contributed by atoms with E-state index in [2.05, 4.69) is 23.2 Å². The van der Waals surface area contributed by atoms with Gasteiger partial charge in [0.1, 0.15) is 23.1 Å². The zero-order chi connectivity index (χ0) is 25.8. The number of carbonyl (C=O) groups excluding carboxylic acids is 2. The third-order valence-electron chi connectivity index (χ3n) is 6.61. The quantitative estimate of drug-likeness (QED) is 0.329. The van der Waals surface area contributed by atoms with Gasteiger partial charge in [0, 0.05) is 32.4 Å². The molecular formula is C30H29N3O3S.